The fourth-order valence-electron chi connectivity index (χ4n) is 4.23. The summed E-state index contributed by atoms with van der Waals surface area (Å²) in [5.41, 5.74) is 11.0. The van der Waals surface area contributed by atoms with Crippen molar-refractivity contribution < 1.29 is 4.74 Å². The number of nitrogens with two attached hydrogens (primary N) is 2. The minimum absolute atomic E-state index is 0.0343. The number of guanidine groups is 1. The second-order valence-corrected chi connectivity index (χ2v) is 9.73. The van der Waals surface area contributed by atoms with E-state index < -0.39 is 11.4 Å². The minimum Gasteiger partial charge on any atom is -0.490 e. The van der Waals surface area contributed by atoms with Gasteiger partial charge in [0.1, 0.15) is 5.75 Å². The maximum absolute atomic E-state index is 13.5. The second kappa shape index (κ2) is 12.2. The Balaban J connectivity index is 1.62. The summed E-state index contributed by atoms with van der Waals surface area (Å²) in [7, 11) is 0. The largest absolute Gasteiger partial charge is 0.490 e. The molecule has 1 aromatic heterocycles. The molecule has 1 heterocycles. The van der Waals surface area contributed by atoms with Crippen LogP contribution in [0.4, 0.5) is 5.95 Å². The van der Waals surface area contributed by atoms with Gasteiger partial charge in [-0.15, -0.1) is 0 Å². The second-order valence-electron chi connectivity index (χ2n) is 8.85. The van der Waals surface area contributed by atoms with Crippen LogP contribution in [0.1, 0.15) is 36.8 Å². The van der Waals surface area contributed by atoms with E-state index in [2.05, 4.69) is 15.3 Å². The van der Waals surface area contributed by atoms with Gasteiger partial charge >= 0.3 is 11.4 Å². The van der Waals surface area contributed by atoms with Gasteiger partial charge in [-0.2, -0.15) is 4.98 Å². The lowest BCUT2D eigenvalue weighted by molar-refractivity contribution is 0.210. The lowest BCUT2D eigenvalue weighted by atomic mass is 10.2. The van der Waals surface area contributed by atoms with E-state index in [1.807, 2.05) is 24.3 Å². The van der Waals surface area contributed by atoms with Crippen LogP contribution in [0.5, 0.6) is 5.75 Å². The third-order valence-electron chi connectivity index (χ3n) is 5.97. The Labute approximate surface area is 223 Å². The molecule has 0 unspecified atom stereocenters. The predicted molar refractivity (Wildman–Crippen MR) is 146 cm³/mol. The number of anilines is 1. The Morgan fingerprint density at radius 2 is 1.65 bits per heavy atom. The van der Waals surface area contributed by atoms with Crippen molar-refractivity contribution >= 4 is 35.1 Å². The monoisotopic (exact) mass is 545 g/mol. The summed E-state index contributed by atoms with van der Waals surface area (Å²) in [5.74, 6) is 0.856. The summed E-state index contributed by atoms with van der Waals surface area (Å²) < 4.78 is 8.48. The van der Waals surface area contributed by atoms with Crippen LogP contribution in [-0.4, -0.2) is 39.3 Å². The molecule has 5 N–H and O–H groups in total. The van der Waals surface area contributed by atoms with Crippen LogP contribution in [0, 0.1) is 0 Å². The van der Waals surface area contributed by atoms with Crippen LogP contribution in [-0.2, 0) is 13.1 Å². The topological polar surface area (TPSA) is 143 Å². The molecule has 0 atom stereocenters. The van der Waals surface area contributed by atoms with Gasteiger partial charge in [-0.05, 0) is 67.1 Å². The summed E-state index contributed by atoms with van der Waals surface area (Å²) >= 11 is 12.2. The average molecular weight is 546 g/mol. The first kappa shape index (κ1) is 26.6. The summed E-state index contributed by atoms with van der Waals surface area (Å²) in [4.78, 5) is 34.4. The molecule has 4 rings (SSSR count). The average Bonchev–Trinajstić information content (AvgIpc) is 3.35. The normalized spacial score (nSPS) is 13.5. The zero-order valence-electron chi connectivity index (χ0n) is 20.2. The molecule has 0 amide bonds. The third-order valence-corrected chi connectivity index (χ3v) is 6.41. The number of ether oxygens (including phenoxy) is 1. The highest BCUT2D eigenvalue weighted by Gasteiger charge is 2.17. The lowest BCUT2D eigenvalue weighted by Gasteiger charge is -2.16. The van der Waals surface area contributed by atoms with Gasteiger partial charge in [0.05, 0.1) is 25.7 Å². The Morgan fingerprint density at radius 1 is 1.00 bits per heavy atom. The van der Waals surface area contributed by atoms with Crippen molar-refractivity contribution in [2.75, 3.05) is 18.4 Å². The summed E-state index contributed by atoms with van der Waals surface area (Å²) in [5, 5.41) is 3.80. The smallest absolute Gasteiger partial charge is 0.355 e. The van der Waals surface area contributed by atoms with Crippen LogP contribution in [0.25, 0.3) is 0 Å². The van der Waals surface area contributed by atoms with Crippen molar-refractivity contribution in [1.82, 2.24) is 14.1 Å². The molecular weight excluding hydrogens is 517 g/mol. The number of aliphatic imine (C=N–C) groups is 1. The van der Waals surface area contributed by atoms with E-state index in [1.54, 1.807) is 18.2 Å². The predicted octanol–water partition coefficient (Wildman–Crippen LogP) is 2.82. The standard InChI is InChI=1S/C25H29Cl2N7O3/c26-18-11-17(12-19(27)13-18)15-34-24(35)32-23(31-10-9-30-22(28)29)33(25(34)36)14-16-5-7-21(8-6-16)37-20-3-1-2-4-20/h5-8,11-13,20H,1-4,9-10,14-15H2,(H4,28,29,30)(H,31,32,35). The van der Waals surface area contributed by atoms with Crippen LogP contribution in [0.2, 0.25) is 10.0 Å². The van der Waals surface area contributed by atoms with Gasteiger partial charge in [0.2, 0.25) is 5.95 Å². The quantitative estimate of drug-likeness (QED) is 0.202. The highest BCUT2D eigenvalue weighted by molar-refractivity contribution is 6.34. The van der Waals surface area contributed by atoms with Gasteiger partial charge in [-0.25, -0.2) is 14.2 Å². The molecule has 37 heavy (non-hydrogen) atoms. The molecule has 1 aliphatic carbocycles. The molecule has 10 nitrogen and oxygen atoms in total. The Hall–Kier alpha value is -3.50. The van der Waals surface area contributed by atoms with E-state index in [0.29, 0.717) is 15.6 Å². The minimum atomic E-state index is -0.706. The van der Waals surface area contributed by atoms with Crippen LogP contribution in [0.3, 0.4) is 0 Å². The highest BCUT2D eigenvalue weighted by Crippen LogP contribution is 2.24. The Bertz CT molecular complexity index is 1360. The Kier molecular flexibility index (Phi) is 8.73. The van der Waals surface area contributed by atoms with Gasteiger partial charge in [0.15, 0.2) is 5.96 Å². The first-order valence-electron chi connectivity index (χ1n) is 12.0. The molecule has 0 saturated heterocycles. The lowest BCUT2D eigenvalue weighted by Crippen LogP contribution is -2.43. The molecule has 0 spiro atoms. The molecule has 1 saturated carbocycles. The van der Waals surface area contributed by atoms with E-state index in [0.717, 1.165) is 28.7 Å². The molecule has 0 aliphatic heterocycles. The van der Waals surface area contributed by atoms with Crippen molar-refractivity contribution in [3.63, 3.8) is 0 Å². The molecular formula is C25H29Cl2N7O3. The van der Waals surface area contributed by atoms with Gasteiger partial charge in [-0.1, -0.05) is 35.3 Å². The number of halogens is 2. The molecule has 0 bridgehead atoms. The van der Waals surface area contributed by atoms with Crippen molar-refractivity contribution in [1.29, 1.82) is 0 Å². The third kappa shape index (κ3) is 7.27. The molecule has 2 aromatic carbocycles. The van der Waals surface area contributed by atoms with Gasteiger partial charge in [0.25, 0.3) is 0 Å². The van der Waals surface area contributed by atoms with Crippen molar-refractivity contribution in [3.8, 4) is 5.75 Å². The fraction of sp³-hybridized carbons (Fsp3) is 0.360. The summed E-state index contributed by atoms with van der Waals surface area (Å²) in [6, 6.07) is 12.4. The molecule has 12 heteroatoms. The number of hydrogen-bond donors (Lipinski definition) is 3. The molecule has 1 fully saturated rings. The number of aromatic nitrogens is 3. The van der Waals surface area contributed by atoms with Crippen molar-refractivity contribution in [2.45, 2.75) is 44.9 Å². The number of nitrogens with one attached hydrogen (secondary N) is 1. The number of rotatable bonds is 10. The number of nitrogens with zero attached hydrogens (tertiary/aromatic N) is 4. The molecule has 3 aromatic rings. The van der Waals surface area contributed by atoms with Gasteiger partial charge in [-0.3, -0.25) is 9.56 Å². The van der Waals surface area contributed by atoms with Gasteiger partial charge in [0, 0.05) is 16.6 Å². The summed E-state index contributed by atoms with van der Waals surface area (Å²) in [6.45, 7) is 0.658. The van der Waals surface area contributed by atoms with Gasteiger partial charge < -0.3 is 21.5 Å². The number of hydrogen-bond acceptors (Lipinski definition) is 6. The van der Waals surface area contributed by atoms with Crippen LogP contribution < -0.4 is 32.9 Å². The summed E-state index contributed by atoms with van der Waals surface area (Å²) in [6.07, 6.45) is 4.76. The Morgan fingerprint density at radius 3 is 2.30 bits per heavy atom. The van der Waals surface area contributed by atoms with E-state index >= 15 is 0 Å². The number of benzene rings is 2. The van der Waals surface area contributed by atoms with Crippen molar-refractivity contribution in [2.24, 2.45) is 16.5 Å². The zero-order chi connectivity index (χ0) is 26.4. The van der Waals surface area contributed by atoms with Crippen molar-refractivity contribution in [3.05, 3.63) is 84.6 Å². The zero-order valence-corrected chi connectivity index (χ0v) is 21.7. The van der Waals surface area contributed by atoms with E-state index in [4.69, 9.17) is 39.4 Å². The van der Waals surface area contributed by atoms with E-state index in [1.165, 1.54) is 17.4 Å². The van der Waals surface area contributed by atoms with Crippen LogP contribution >= 0.6 is 23.2 Å². The molecule has 1 aliphatic rings. The SMILES string of the molecule is NC(N)=NCCNc1nc(=O)n(Cc2cc(Cl)cc(Cl)c2)c(=O)n1Cc1ccc(OC2CCCC2)cc1. The first-order chi connectivity index (χ1) is 17.8. The highest BCUT2D eigenvalue weighted by atomic mass is 35.5. The molecule has 0 radical (unpaired) electrons. The fourth-order valence-corrected chi connectivity index (χ4v) is 4.81. The maximum Gasteiger partial charge on any atom is 0.355 e. The van der Waals surface area contributed by atoms with Crippen LogP contribution in [0.15, 0.2) is 57.0 Å². The van der Waals surface area contributed by atoms with E-state index in [-0.39, 0.29) is 44.2 Å². The van der Waals surface area contributed by atoms with E-state index in [9.17, 15) is 9.59 Å². The first-order valence-corrected chi connectivity index (χ1v) is 12.8. The maximum atomic E-state index is 13.5. The molecule has 196 valence electrons.